The molecule has 0 radical (unpaired) electrons. The predicted molar refractivity (Wildman–Crippen MR) is 115 cm³/mol. The van der Waals surface area contributed by atoms with Crippen LogP contribution in [0.5, 0.6) is 0 Å². The highest BCUT2D eigenvalue weighted by Gasteiger charge is 2.38. The van der Waals surface area contributed by atoms with E-state index in [-0.39, 0.29) is 12.2 Å². The van der Waals surface area contributed by atoms with E-state index in [0.717, 1.165) is 31.0 Å². The molecule has 1 N–H and O–H groups in total. The molecule has 2 aromatic heterocycles. The van der Waals surface area contributed by atoms with Gasteiger partial charge < -0.3 is 5.32 Å². The molecule has 0 bridgehead atoms. The summed E-state index contributed by atoms with van der Waals surface area (Å²) in [4.78, 5) is 16.9. The Bertz CT molecular complexity index is 1280. The number of aryl methyl sites for hydroxylation is 1. The van der Waals surface area contributed by atoms with E-state index in [4.69, 9.17) is 11.6 Å². The van der Waals surface area contributed by atoms with Gasteiger partial charge in [0.25, 0.3) is 0 Å². The lowest BCUT2D eigenvalue weighted by Crippen LogP contribution is -2.20. The van der Waals surface area contributed by atoms with Crippen molar-refractivity contribution in [1.82, 2.24) is 14.8 Å². The number of fused-ring (bicyclic) bond motifs is 1. The van der Waals surface area contributed by atoms with Crippen molar-refractivity contribution < 1.29 is 18.0 Å². The van der Waals surface area contributed by atoms with Crippen LogP contribution in [0, 0.1) is 13.8 Å². The number of nitrogens with zero attached hydrogens (tertiary/aromatic N) is 3. The van der Waals surface area contributed by atoms with E-state index in [2.05, 4.69) is 21.5 Å². The number of alkyl halides is 3. The lowest BCUT2D eigenvalue weighted by Gasteiger charge is -2.07. The van der Waals surface area contributed by atoms with Crippen molar-refractivity contribution in [3.8, 4) is 10.6 Å². The highest BCUT2D eigenvalue weighted by Crippen LogP contribution is 2.35. The topological polar surface area (TPSA) is 59.8 Å². The third kappa shape index (κ3) is 4.42. The molecule has 4 aromatic rings. The number of hydrogen-bond donors (Lipinski definition) is 1. The van der Waals surface area contributed by atoms with Crippen LogP contribution < -0.4 is 5.32 Å². The third-order valence-electron chi connectivity index (χ3n) is 4.65. The number of halogens is 4. The van der Waals surface area contributed by atoms with Gasteiger partial charge in [-0.3, -0.25) is 9.48 Å². The van der Waals surface area contributed by atoms with Gasteiger partial charge in [0, 0.05) is 11.3 Å². The first kappa shape index (κ1) is 21.3. The Kier molecular flexibility index (Phi) is 5.49. The van der Waals surface area contributed by atoms with Gasteiger partial charge in [-0.25, -0.2) is 4.98 Å². The van der Waals surface area contributed by atoms with Crippen molar-refractivity contribution in [2.45, 2.75) is 26.6 Å². The number of nitrogens with one attached hydrogen (secondary N) is 1. The average Bonchev–Trinajstić information content (AvgIpc) is 3.24. The molecule has 1 amide bonds. The summed E-state index contributed by atoms with van der Waals surface area (Å²) in [6.45, 7) is 3.02. The maximum Gasteiger partial charge on any atom is 0.436 e. The summed E-state index contributed by atoms with van der Waals surface area (Å²) in [7, 11) is 0. The number of benzene rings is 2. The predicted octanol–water partition coefficient (Wildman–Crippen LogP) is 6.09. The zero-order chi connectivity index (χ0) is 22.3. The molecule has 31 heavy (non-hydrogen) atoms. The largest absolute Gasteiger partial charge is 0.436 e. The molecule has 5 nitrogen and oxygen atoms in total. The molecule has 160 valence electrons. The maximum atomic E-state index is 12.9. The Hall–Kier alpha value is -2.91. The number of anilines is 1. The lowest BCUT2D eigenvalue weighted by molar-refractivity contribution is -0.141. The smallest absolute Gasteiger partial charge is 0.324 e. The maximum absolute atomic E-state index is 12.9. The number of carbonyl (C=O) groups excluding carboxylic acids is 1. The lowest BCUT2D eigenvalue weighted by atomic mass is 10.2. The summed E-state index contributed by atoms with van der Waals surface area (Å²) in [5.41, 5.74) is 2.38. The minimum Gasteiger partial charge on any atom is -0.324 e. The van der Waals surface area contributed by atoms with Crippen LogP contribution in [-0.2, 0) is 17.5 Å². The molecule has 0 aliphatic heterocycles. The molecule has 0 unspecified atom stereocenters. The van der Waals surface area contributed by atoms with Gasteiger partial charge in [-0.05, 0) is 55.8 Å². The van der Waals surface area contributed by atoms with E-state index >= 15 is 0 Å². The Morgan fingerprint density at radius 1 is 1.16 bits per heavy atom. The number of aromatic nitrogens is 3. The molecule has 10 heteroatoms. The molecular weight excluding hydrogens is 449 g/mol. The minimum absolute atomic E-state index is 0.0746. The molecule has 0 atom stereocenters. The van der Waals surface area contributed by atoms with Crippen LogP contribution in [0.15, 0.2) is 42.5 Å². The first-order chi connectivity index (χ1) is 14.6. The zero-order valence-corrected chi connectivity index (χ0v) is 18.0. The van der Waals surface area contributed by atoms with E-state index in [1.807, 2.05) is 31.2 Å². The average molecular weight is 465 g/mol. The fraction of sp³-hybridized carbons (Fsp3) is 0.190. The van der Waals surface area contributed by atoms with Gasteiger partial charge in [-0.2, -0.15) is 18.3 Å². The summed E-state index contributed by atoms with van der Waals surface area (Å²) >= 11 is 7.29. The monoisotopic (exact) mass is 464 g/mol. The van der Waals surface area contributed by atoms with Crippen molar-refractivity contribution in [3.05, 3.63) is 64.4 Å². The van der Waals surface area contributed by atoms with Crippen LogP contribution >= 0.6 is 22.9 Å². The number of hydrogen-bond acceptors (Lipinski definition) is 4. The van der Waals surface area contributed by atoms with Gasteiger partial charge in [0.15, 0.2) is 5.69 Å². The quantitative estimate of drug-likeness (QED) is 0.397. The summed E-state index contributed by atoms with van der Waals surface area (Å²) in [5.74, 6) is -0.515. The van der Waals surface area contributed by atoms with Gasteiger partial charge in [0.05, 0.1) is 20.9 Å². The number of amides is 1. The van der Waals surface area contributed by atoms with Gasteiger partial charge in [0.1, 0.15) is 11.6 Å². The van der Waals surface area contributed by atoms with E-state index in [1.165, 1.54) is 6.92 Å². The molecule has 2 aromatic carbocycles. The van der Waals surface area contributed by atoms with Crippen LogP contribution in [0.3, 0.4) is 0 Å². The molecule has 0 spiro atoms. The van der Waals surface area contributed by atoms with E-state index in [1.54, 1.807) is 23.5 Å². The summed E-state index contributed by atoms with van der Waals surface area (Å²) in [5, 5.41) is 6.45. The van der Waals surface area contributed by atoms with Gasteiger partial charge in [0.2, 0.25) is 5.91 Å². The second-order valence-electron chi connectivity index (χ2n) is 7.02. The first-order valence-corrected chi connectivity index (χ1v) is 10.4. The first-order valence-electron chi connectivity index (χ1n) is 9.19. The van der Waals surface area contributed by atoms with Crippen LogP contribution in [0.4, 0.5) is 18.9 Å². The third-order valence-corrected chi connectivity index (χ3v) is 6.17. The van der Waals surface area contributed by atoms with Gasteiger partial charge in [-0.15, -0.1) is 11.3 Å². The number of carbonyl (C=O) groups is 1. The van der Waals surface area contributed by atoms with Crippen LogP contribution in [0.1, 0.15) is 17.0 Å². The molecule has 0 aliphatic rings. The highest BCUT2D eigenvalue weighted by atomic mass is 35.5. The summed E-state index contributed by atoms with van der Waals surface area (Å²) in [6, 6.07) is 13.2. The standard InChI is InChI=1S/C21H16ClF3N4OS/c1-11-3-8-15-16(9-11)31-20(27-15)13-4-6-14(7-5-13)26-17(30)10-29-12(2)18(22)19(28-29)21(23,24)25/h3-9H,10H2,1-2H3,(H,26,30). The van der Waals surface area contributed by atoms with Crippen LogP contribution in [-0.4, -0.2) is 20.7 Å². The van der Waals surface area contributed by atoms with Crippen molar-refractivity contribution in [2.75, 3.05) is 5.32 Å². The molecular formula is C21H16ClF3N4OS. The van der Waals surface area contributed by atoms with Crippen LogP contribution in [0.25, 0.3) is 20.8 Å². The minimum atomic E-state index is -4.68. The second kappa shape index (κ2) is 7.97. The molecule has 4 rings (SSSR count). The van der Waals surface area contributed by atoms with E-state index < -0.39 is 22.8 Å². The molecule has 2 heterocycles. The molecule has 0 fully saturated rings. The second-order valence-corrected chi connectivity index (χ2v) is 8.43. The molecule has 0 saturated carbocycles. The van der Waals surface area contributed by atoms with Crippen molar-refractivity contribution in [2.24, 2.45) is 0 Å². The van der Waals surface area contributed by atoms with Crippen molar-refractivity contribution in [1.29, 1.82) is 0 Å². The van der Waals surface area contributed by atoms with E-state index in [9.17, 15) is 18.0 Å². The van der Waals surface area contributed by atoms with Gasteiger partial charge in [-0.1, -0.05) is 17.7 Å². The van der Waals surface area contributed by atoms with Gasteiger partial charge >= 0.3 is 6.18 Å². The van der Waals surface area contributed by atoms with Crippen molar-refractivity contribution >= 4 is 44.7 Å². The zero-order valence-electron chi connectivity index (χ0n) is 16.4. The molecule has 0 aliphatic carbocycles. The van der Waals surface area contributed by atoms with Crippen LogP contribution in [0.2, 0.25) is 5.02 Å². The fourth-order valence-corrected chi connectivity index (χ4v) is 4.36. The fourth-order valence-electron chi connectivity index (χ4n) is 3.05. The number of thiazole rings is 1. The Labute approximate surface area is 184 Å². The SMILES string of the molecule is Cc1ccc2nc(-c3ccc(NC(=O)Cn4nc(C(F)(F)F)c(Cl)c4C)cc3)sc2c1. The van der Waals surface area contributed by atoms with E-state index in [0.29, 0.717) is 5.69 Å². The number of rotatable bonds is 4. The molecule has 0 saturated heterocycles. The Balaban J connectivity index is 1.47. The summed E-state index contributed by atoms with van der Waals surface area (Å²) in [6.07, 6.45) is -4.68. The van der Waals surface area contributed by atoms with Crippen molar-refractivity contribution in [3.63, 3.8) is 0 Å². The highest BCUT2D eigenvalue weighted by molar-refractivity contribution is 7.21. The Morgan fingerprint density at radius 2 is 1.87 bits per heavy atom. The normalized spacial score (nSPS) is 11.8. The Morgan fingerprint density at radius 3 is 2.52 bits per heavy atom. The summed E-state index contributed by atoms with van der Waals surface area (Å²) < 4.78 is 40.8.